The van der Waals surface area contributed by atoms with Crippen LogP contribution in [-0.2, 0) is 20.9 Å². The molecule has 0 unspecified atom stereocenters. The number of esters is 1. The Balaban J connectivity index is 1.79. The van der Waals surface area contributed by atoms with Crippen LogP contribution in [0, 0.1) is 0 Å². The monoisotopic (exact) mass is 345 g/mol. The first kappa shape index (κ1) is 17.9. The number of carbonyl (C=O) groups is 2. The third-order valence-corrected chi connectivity index (χ3v) is 3.95. The van der Waals surface area contributed by atoms with E-state index in [1.54, 1.807) is 30.0 Å². The molecule has 1 amide bonds. The molecule has 0 fully saturated rings. The van der Waals surface area contributed by atoms with Crippen molar-refractivity contribution in [2.75, 3.05) is 6.26 Å². The highest BCUT2D eigenvalue weighted by Gasteiger charge is 2.16. The molecule has 0 aliphatic carbocycles. The summed E-state index contributed by atoms with van der Waals surface area (Å²) in [6.45, 7) is 1.78. The van der Waals surface area contributed by atoms with E-state index in [0.717, 1.165) is 10.5 Å². The highest BCUT2D eigenvalue weighted by atomic mass is 32.2. The lowest BCUT2D eigenvalue weighted by Crippen LogP contribution is -2.35. The zero-order valence-electron chi connectivity index (χ0n) is 13.5. The van der Waals surface area contributed by atoms with Crippen LogP contribution in [-0.4, -0.2) is 24.2 Å². The smallest absolute Gasteiger partial charge is 0.331 e. The normalized spacial score (nSPS) is 12.1. The minimum Gasteiger partial charge on any atom is -0.467 e. The Kier molecular flexibility index (Phi) is 6.69. The van der Waals surface area contributed by atoms with Crippen LogP contribution in [0.3, 0.4) is 0 Å². The first-order chi connectivity index (χ1) is 11.6. The molecule has 1 N–H and O–H groups in total. The SMILES string of the molecule is CSc1ccc(/C=C/C(=O)O[C@H](C)C(=O)NCc2ccco2)cc1. The Bertz CT molecular complexity index is 692. The van der Waals surface area contributed by atoms with Crippen molar-refractivity contribution in [3.63, 3.8) is 0 Å². The van der Waals surface area contributed by atoms with Crippen LogP contribution in [0.25, 0.3) is 6.08 Å². The van der Waals surface area contributed by atoms with E-state index in [9.17, 15) is 9.59 Å². The lowest BCUT2D eigenvalue weighted by atomic mass is 10.2. The maximum atomic E-state index is 11.9. The van der Waals surface area contributed by atoms with Crippen LogP contribution in [0.1, 0.15) is 18.2 Å². The fourth-order valence-corrected chi connectivity index (χ4v) is 2.29. The molecule has 1 atom stereocenters. The maximum absolute atomic E-state index is 11.9. The third-order valence-electron chi connectivity index (χ3n) is 3.21. The van der Waals surface area contributed by atoms with E-state index in [0.29, 0.717) is 5.76 Å². The highest BCUT2D eigenvalue weighted by Crippen LogP contribution is 2.15. The van der Waals surface area contributed by atoms with Crippen molar-refractivity contribution in [2.45, 2.75) is 24.5 Å². The molecule has 0 saturated heterocycles. The van der Waals surface area contributed by atoms with Crippen molar-refractivity contribution in [1.82, 2.24) is 5.32 Å². The molecule has 0 saturated carbocycles. The second-order valence-corrected chi connectivity index (χ2v) is 5.86. The number of benzene rings is 1. The van der Waals surface area contributed by atoms with Gasteiger partial charge < -0.3 is 14.5 Å². The van der Waals surface area contributed by atoms with Gasteiger partial charge in [0.2, 0.25) is 0 Å². The lowest BCUT2D eigenvalue weighted by Gasteiger charge is -2.11. The Hall–Kier alpha value is -2.47. The van der Waals surface area contributed by atoms with Gasteiger partial charge in [-0.1, -0.05) is 12.1 Å². The van der Waals surface area contributed by atoms with Gasteiger partial charge in [-0.25, -0.2) is 4.79 Å². The van der Waals surface area contributed by atoms with Gasteiger partial charge in [0.1, 0.15) is 5.76 Å². The van der Waals surface area contributed by atoms with Gasteiger partial charge in [0.05, 0.1) is 12.8 Å². The Labute approximate surface area is 145 Å². The lowest BCUT2D eigenvalue weighted by molar-refractivity contribution is -0.150. The van der Waals surface area contributed by atoms with E-state index in [-0.39, 0.29) is 12.5 Å². The van der Waals surface area contributed by atoms with E-state index < -0.39 is 12.1 Å². The molecular formula is C18H19NO4S. The van der Waals surface area contributed by atoms with Crippen molar-refractivity contribution >= 4 is 29.7 Å². The fraction of sp³-hybridized carbons (Fsp3) is 0.222. The molecule has 0 aliphatic heterocycles. The zero-order chi connectivity index (χ0) is 17.4. The molecule has 2 aromatic rings. The summed E-state index contributed by atoms with van der Waals surface area (Å²) in [7, 11) is 0. The summed E-state index contributed by atoms with van der Waals surface area (Å²) in [5, 5.41) is 2.64. The van der Waals surface area contributed by atoms with Crippen molar-refractivity contribution in [3.8, 4) is 0 Å². The molecule has 1 heterocycles. The zero-order valence-corrected chi connectivity index (χ0v) is 14.3. The summed E-state index contributed by atoms with van der Waals surface area (Å²) in [6.07, 6.45) is 5.61. The first-order valence-electron chi connectivity index (χ1n) is 7.41. The van der Waals surface area contributed by atoms with Gasteiger partial charge in [0.25, 0.3) is 5.91 Å². The van der Waals surface area contributed by atoms with Gasteiger partial charge in [-0.3, -0.25) is 4.79 Å². The molecule has 0 aliphatic rings. The van der Waals surface area contributed by atoms with Gasteiger partial charge in [0.15, 0.2) is 6.10 Å². The molecule has 1 aromatic heterocycles. The van der Waals surface area contributed by atoms with Gasteiger partial charge in [-0.15, -0.1) is 11.8 Å². The van der Waals surface area contributed by atoms with E-state index in [1.165, 1.54) is 19.3 Å². The summed E-state index contributed by atoms with van der Waals surface area (Å²) < 4.78 is 10.2. The van der Waals surface area contributed by atoms with Crippen molar-refractivity contribution in [3.05, 3.63) is 60.1 Å². The third kappa shape index (κ3) is 5.62. The van der Waals surface area contributed by atoms with Crippen LogP contribution >= 0.6 is 11.8 Å². The summed E-state index contributed by atoms with van der Waals surface area (Å²) >= 11 is 1.65. The van der Waals surface area contributed by atoms with Gasteiger partial charge in [-0.2, -0.15) is 0 Å². The van der Waals surface area contributed by atoms with E-state index in [1.807, 2.05) is 30.5 Å². The van der Waals surface area contributed by atoms with E-state index in [4.69, 9.17) is 9.15 Å². The van der Waals surface area contributed by atoms with Crippen LogP contribution in [0.5, 0.6) is 0 Å². The molecule has 126 valence electrons. The number of rotatable bonds is 7. The number of ether oxygens (including phenoxy) is 1. The number of carbonyl (C=O) groups excluding carboxylic acids is 2. The highest BCUT2D eigenvalue weighted by molar-refractivity contribution is 7.98. The number of nitrogens with one attached hydrogen (secondary N) is 1. The quantitative estimate of drug-likeness (QED) is 0.474. The summed E-state index contributed by atoms with van der Waals surface area (Å²) in [5.74, 6) is -0.308. The maximum Gasteiger partial charge on any atom is 0.331 e. The minimum atomic E-state index is -0.879. The minimum absolute atomic E-state index is 0.255. The topological polar surface area (TPSA) is 68.5 Å². The predicted octanol–water partition coefficient (Wildman–Crippen LogP) is 3.26. The molecular weight excluding hydrogens is 326 g/mol. The second-order valence-electron chi connectivity index (χ2n) is 4.98. The number of hydrogen-bond acceptors (Lipinski definition) is 5. The van der Waals surface area contributed by atoms with Gasteiger partial charge in [-0.05, 0) is 49.1 Å². The van der Waals surface area contributed by atoms with Crippen LogP contribution < -0.4 is 5.32 Å². The Morgan fingerprint density at radius 1 is 1.29 bits per heavy atom. The predicted molar refractivity (Wildman–Crippen MR) is 93.4 cm³/mol. The average Bonchev–Trinajstić information content (AvgIpc) is 3.11. The standard InChI is InChI=1S/C18H19NO4S/c1-13(18(21)19-12-15-4-3-11-22-15)23-17(20)10-7-14-5-8-16(24-2)9-6-14/h3-11,13H,12H2,1-2H3,(H,19,21)/b10-7+/t13-/m1/s1. The molecule has 5 nitrogen and oxygen atoms in total. The number of thioether (sulfide) groups is 1. The molecule has 0 radical (unpaired) electrons. The van der Waals surface area contributed by atoms with Gasteiger partial charge in [0, 0.05) is 11.0 Å². The van der Waals surface area contributed by atoms with Gasteiger partial charge >= 0.3 is 5.97 Å². The summed E-state index contributed by atoms with van der Waals surface area (Å²) in [6, 6.07) is 11.3. The second kappa shape index (κ2) is 8.98. The summed E-state index contributed by atoms with van der Waals surface area (Å²) in [5.41, 5.74) is 0.889. The number of furan rings is 1. The number of hydrogen-bond donors (Lipinski definition) is 1. The van der Waals surface area contributed by atoms with Crippen molar-refractivity contribution in [1.29, 1.82) is 0 Å². The van der Waals surface area contributed by atoms with Crippen molar-refractivity contribution in [2.24, 2.45) is 0 Å². The Morgan fingerprint density at radius 2 is 2.04 bits per heavy atom. The number of amides is 1. The molecule has 6 heteroatoms. The first-order valence-corrected chi connectivity index (χ1v) is 8.64. The van der Waals surface area contributed by atoms with Crippen LogP contribution in [0.2, 0.25) is 0 Å². The molecule has 0 bridgehead atoms. The van der Waals surface area contributed by atoms with Crippen molar-refractivity contribution < 1.29 is 18.7 Å². The Morgan fingerprint density at radius 3 is 2.67 bits per heavy atom. The molecule has 1 aromatic carbocycles. The van der Waals surface area contributed by atoms with Crippen LogP contribution in [0.15, 0.2) is 58.1 Å². The largest absolute Gasteiger partial charge is 0.467 e. The van der Waals surface area contributed by atoms with E-state index in [2.05, 4.69) is 5.32 Å². The summed E-state index contributed by atoms with van der Waals surface area (Å²) in [4.78, 5) is 24.8. The average molecular weight is 345 g/mol. The molecule has 0 spiro atoms. The van der Waals surface area contributed by atoms with E-state index >= 15 is 0 Å². The van der Waals surface area contributed by atoms with Crippen LogP contribution in [0.4, 0.5) is 0 Å². The molecule has 2 rings (SSSR count). The molecule has 24 heavy (non-hydrogen) atoms. The fourth-order valence-electron chi connectivity index (χ4n) is 1.88.